The van der Waals surface area contributed by atoms with Crippen molar-refractivity contribution in [3.8, 4) is 0 Å². The fourth-order valence-electron chi connectivity index (χ4n) is 2.44. The van der Waals surface area contributed by atoms with Gasteiger partial charge < -0.3 is 14.6 Å². The molecule has 0 spiro atoms. The summed E-state index contributed by atoms with van der Waals surface area (Å²) in [5, 5.41) is 8.65. The summed E-state index contributed by atoms with van der Waals surface area (Å²) in [6, 6.07) is 0. The second-order valence-corrected chi connectivity index (χ2v) is 7.18. The van der Waals surface area contributed by atoms with Crippen LogP contribution in [0.4, 0.5) is 0 Å². The quantitative estimate of drug-likeness (QED) is 0.335. The van der Waals surface area contributed by atoms with Gasteiger partial charge in [0.25, 0.3) is 0 Å². The van der Waals surface area contributed by atoms with Crippen LogP contribution in [0.5, 0.6) is 0 Å². The molecule has 1 heterocycles. The van der Waals surface area contributed by atoms with Gasteiger partial charge in [-0.2, -0.15) is 0 Å². The Morgan fingerprint density at radius 2 is 2.40 bits per heavy atom. The van der Waals surface area contributed by atoms with E-state index in [0.717, 1.165) is 12.7 Å². The van der Waals surface area contributed by atoms with Crippen molar-refractivity contribution < 1.29 is 19.3 Å². The highest BCUT2D eigenvalue weighted by atomic mass is 32.0. The number of esters is 1. The van der Waals surface area contributed by atoms with Crippen LogP contribution in [-0.4, -0.2) is 36.2 Å². The summed E-state index contributed by atoms with van der Waals surface area (Å²) < 4.78 is 5.16. The topological polar surface area (TPSA) is 63.6 Å². The molecule has 1 aliphatic carbocycles. The monoisotopic (exact) mass is 245 g/mol. The average molecular weight is 245 g/mol. The molecule has 0 bridgehead atoms. The van der Waals surface area contributed by atoms with Crippen LogP contribution in [0.1, 0.15) is 12.8 Å². The Morgan fingerprint density at radius 1 is 1.60 bits per heavy atom. The van der Waals surface area contributed by atoms with Crippen molar-refractivity contribution in [1.82, 2.24) is 0 Å². The number of fused-ring (bicyclic) bond motifs is 1. The lowest BCUT2D eigenvalue weighted by molar-refractivity contribution is -0.141. The zero-order valence-corrected chi connectivity index (χ0v) is 10.1. The summed E-state index contributed by atoms with van der Waals surface area (Å²) >= 11 is 0. The number of carbonyl (C=O) groups excluding carboxylic acids is 2. The van der Waals surface area contributed by atoms with Crippen LogP contribution < -0.4 is 0 Å². The second kappa shape index (κ2) is 4.90. The lowest BCUT2D eigenvalue weighted by Crippen LogP contribution is -2.18. The van der Waals surface area contributed by atoms with E-state index in [-0.39, 0.29) is 23.9 Å². The smallest absolute Gasteiger partial charge is 0.322 e. The minimum absolute atomic E-state index is 0.0475. The lowest BCUT2D eigenvalue weighted by atomic mass is 9.95. The number of carbonyl (C=O) groups is 2. The molecule has 1 saturated heterocycles. The van der Waals surface area contributed by atoms with Crippen molar-refractivity contribution in [1.29, 1.82) is 0 Å². The van der Waals surface area contributed by atoms with E-state index in [4.69, 9.17) is 9.76 Å². The SMILES string of the molecule is O=C[C@H]1[C@H](PP[B]O)CC2OC(=O)C[C@@H]21. The molecule has 15 heavy (non-hydrogen) atoms. The molecule has 0 aromatic heterocycles. The van der Waals surface area contributed by atoms with Crippen molar-refractivity contribution in [2.75, 3.05) is 0 Å². The van der Waals surface area contributed by atoms with Crippen molar-refractivity contribution in [3.63, 3.8) is 0 Å². The second-order valence-electron chi connectivity index (χ2n) is 3.87. The predicted octanol–water partition coefficient (Wildman–Crippen LogP) is 0.304. The standard InChI is InChI=1S/C8H12BO4P2/c10-3-5-4-1-8(11)13-6(4)2-7(5)14-15-9-12/h3-7,12,14-15H,1-2H2/t4-,5-,6?,7-/m1/s1. The van der Waals surface area contributed by atoms with Crippen LogP contribution in [-0.2, 0) is 14.3 Å². The first-order valence-electron chi connectivity index (χ1n) is 4.88. The number of hydrogen-bond donors (Lipinski definition) is 1. The van der Waals surface area contributed by atoms with Crippen molar-refractivity contribution in [2.45, 2.75) is 24.6 Å². The third kappa shape index (κ3) is 2.25. The molecule has 1 aliphatic heterocycles. The summed E-state index contributed by atoms with van der Waals surface area (Å²) in [6.07, 6.45) is 2.10. The molecule has 2 aliphatic rings. The Kier molecular flexibility index (Phi) is 3.76. The fourth-order valence-corrected chi connectivity index (χ4v) is 5.39. The first-order valence-corrected chi connectivity index (χ1v) is 8.03. The Hall–Kier alpha value is 0.0249. The zero-order valence-electron chi connectivity index (χ0n) is 8.05. The number of aldehydes is 1. The van der Waals surface area contributed by atoms with Gasteiger partial charge in [0.2, 0.25) is 0 Å². The maximum absolute atomic E-state index is 11.1. The molecule has 3 unspecified atom stereocenters. The summed E-state index contributed by atoms with van der Waals surface area (Å²) in [6.45, 7) is 0. The highest BCUT2D eigenvalue weighted by Crippen LogP contribution is 2.53. The van der Waals surface area contributed by atoms with Gasteiger partial charge >= 0.3 is 13.2 Å². The number of hydrogen-bond acceptors (Lipinski definition) is 4. The molecule has 2 rings (SSSR count). The molecule has 0 amide bonds. The molecule has 1 saturated carbocycles. The fraction of sp³-hybridized carbons (Fsp3) is 0.750. The van der Waals surface area contributed by atoms with Gasteiger partial charge in [-0.3, -0.25) is 4.79 Å². The highest BCUT2D eigenvalue weighted by molar-refractivity contribution is 8.24. The zero-order chi connectivity index (χ0) is 10.8. The van der Waals surface area contributed by atoms with Gasteiger partial charge in [-0.05, 0) is 12.1 Å². The van der Waals surface area contributed by atoms with E-state index in [1.165, 1.54) is 7.20 Å². The largest absolute Gasteiger partial charge is 0.462 e. The number of ether oxygens (including phenoxy) is 1. The molecule has 0 aromatic carbocycles. The molecule has 7 heteroatoms. The third-order valence-corrected chi connectivity index (χ3v) is 6.39. The minimum Gasteiger partial charge on any atom is -0.462 e. The van der Waals surface area contributed by atoms with Crippen LogP contribution in [0, 0.1) is 11.8 Å². The number of rotatable bonds is 4. The maximum Gasteiger partial charge on any atom is 0.322 e. The van der Waals surface area contributed by atoms with Crippen LogP contribution in [0.25, 0.3) is 0 Å². The Bertz CT molecular complexity index is 275. The first-order chi connectivity index (χ1) is 7.26. The third-order valence-electron chi connectivity index (χ3n) is 3.10. The van der Waals surface area contributed by atoms with Gasteiger partial charge in [0.1, 0.15) is 12.4 Å². The molecule has 1 N–H and O–H groups in total. The Morgan fingerprint density at radius 3 is 3.07 bits per heavy atom. The molecule has 4 nitrogen and oxygen atoms in total. The molecule has 1 radical (unpaired) electrons. The van der Waals surface area contributed by atoms with Crippen LogP contribution in [0.2, 0.25) is 0 Å². The molecule has 2 fully saturated rings. The van der Waals surface area contributed by atoms with Crippen LogP contribution in [0.15, 0.2) is 0 Å². The molecular weight excluding hydrogens is 233 g/mol. The predicted molar refractivity (Wildman–Crippen MR) is 60.5 cm³/mol. The maximum atomic E-state index is 11.1. The van der Waals surface area contributed by atoms with Gasteiger partial charge in [-0.1, -0.05) is 0 Å². The van der Waals surface area contributed by atoms with E-state index in [0.29, 0.717) is 28.5 Å². The Labute approximate surface area is 92.2 Å². The van der Waals surface area contributed by atoms with E-state index < -0.39 is 0 Å². The summed E-state index contributed by atoms with van der Waals surface area (Å²) in [7, 11) is 2.14. The van der Waals surface area contributed by atoms with E-state index in [9.17, 15) is 9.59 Å². The highest BCUT2D eigenvalue weighted by Gasteiger charge is 2.49. The van der Waals surface area contributed by atoms with Gasteiger partial charge in [0.05, 0.1) is 6.42 Å². The molecule has 6 atom stereocenters. The summed E-state index contributed by atoms with van der Waals surface area (Å²) in [5.74, 6) is -0.127. The van der Waals surface area contributed by atoms with Gasteiger partial charge in [-0.15, -0.1) is 16.4 Å². The summed E-state index contributed by atoms with van der Waals surface area (Å²) in [5.41, 5.74) is 0.298. The van der Waals surface area contributed by atoms with Crippen molar-refractivity contribution in [2.24, 2.45) is 11.8 Å². The van der Waals surface area contributed by atoms with E-state index >= 15 is 0 Å². The van der Waals surface area contributed by atoms with Gasteiger partial charge in [0, 0.05) is 11.8 Å². The van der Waals surface area contributed by atoms with Crippen LogP contribution >= 0.6 is 16.4 Å². The van der Waals surface area contributed by atoms with E-state index in [1.807, 2.05) is 0 Å². The van der Waals surface area contributed by atoms with Gasteiger partial charge in [-0.25, -0.2) is 0 Å². The van der Waals surface area contributed by atoms with E-state index in [2.05, 4.69) is 0 Å². The minimum atomic E-state index is -0.171. The van der Waals surface area contributed by atoms with Crippen LogP contribution in [0.3, 0.4) is 0 Å². The van der Waals surface area contributed by atoms with Gasteiger partial charge in [0.15, 0.2) is 0 Å². The average Bonchev–Trinajstić information content (AvgIpc) is 2.70. The Balaban J connectivity index is 2.00. The van der Waals surface area contributed by atoms with Crippen molar-refractivity contribution >= 4 is 35.9 Å². The summed E-state index contributed by atoms with van der Waals surface area (Å²) in [4.78, 5) is 22.1. The molecule has 0 aromatic rings. The normalized spacial score (nSPS) is 40.2. The lowest BCUT2D eigenvalue weighted by Gasteiger charge is -2.15. The molecule has 81 valence electrons. The van der Waals surface area contributed by atoms with E-state index in [1.54, 1.807) is 0 Å². The first kappa shape index (κ1) is 11.5. The van der Waals surface area contributed by atoms with Crippen molar-refractivity contribution in [3.05, 3.63) is 0 Å². The molecular formula is C8H12BO4P2.